The Morgan fingerprint density at radius 1 is 0.955 bits per heavy atom. The number of unbranched alkanes of at least 4 members (excludes halogenated alkanes) is 2. The molecule has 44 heavy (non-hydrogen) atoms. The van der Waals surface area contributed by atoms with Crippen LogP contribution in [-0.2, 0) is 9.59 Å². The first-order valence-corrected chi connectivity index (χ1v) is 17.4. The highest BCUT2D eigenvalue weighted by Gasteiger charge is 2.54. The maximum atomic E-state index is 13.8. The third-order valence-electron chi connectivity index (χ3n) is 10.5. The second-order valence-electron chi connectivity index (χ2n) is 13.8. The van der Waals surface area contributed by atoms with Crippen molar-refractivity contribution in [1.29, 1.82) is 0 Å². The number of carbonyl (C=O) groups excluding carboxylic acids is 3. The van der Waals surface area contributed by atoms with Crippen LogP contribution in [0.25, 0.3) is 0 Å². The normalized spacial score (nSPS) is 24.0. The monoisotopic (exact) mass is 610 g/mol. The minimum absolute atomic E-state index is 0.00636. The summed E-state index contributed by atoms with van der Waals surface area (Å²) in [7, 11) is 0. The molecule has 5 rings (SSSR count). The van der Waals surface area contributed by atoms with E-state index in [4.69, 9.17) is 4.74 Å². The van der Waals surface area contributed by atoms with Gasteiger partial charge in [0.25, 0.3) is 5.91 Å². The van der Waals surface area contributed by atoms with Gasteiger partial charge in [0, 0.05) is 37.7 Å². The van der Waals surface area contributed by atoms with Gasteiger partial charge in [-0.05, 0) is 88.6 Å². The number of likely N-dealkylation sites (tertiary alicyclic amines) is 1. The number of carbonyl (C=O) groups is 3. The van der Waals surface area contributed by atoms with Gasteiger partial charge in [0.05, 0.1) is 12.2 Å². The van der Waals surface area contributed by atoms with Gasteiger partial charge >= 0.3 is 0 Å². The molecule has 2 heterocycles. The van der Waals surface area contributed by atoms with E-state index in [1.54, 1.807) is 0 Å². The molecule has 244 valence electrons. The summed E-state index contributed by atoms with van der Waals surface area (Å²) < 4.78 is 5.94. The molecular weight excluding hydrogens is 556 g/mol. The van der Waals surface area contributed by atoms with Crippen molar-refractivity contribution < 1.29 is 24.2 Å². The van der Waals surface area contributed by atoms with Crippen molar-refractivity contribution in [2.24, 2.45) is 0 Å². The van der Waals surface area contributed by atoms with Gasteiger partial charge in [-0.25, -0.2) is 0 Å². The van der Waals surface area contributed by atoms with Crippen LogP contribution in [0.4, 0.5) is 0 Å². The van der Waals surface area contributed by atoms with Gasteiger partial charge < -0.3 is 30.3 Å². The predicted molar refractivity (Wildman–Crippen MR) is 171 cm³/mol. The zero-order chi connectivity index (χ0) is 31.0. The summed E-state index contributed by atoms with van der Waals surface area (Å²) in [6.07, 6.45) is 14.4. The number of piperidine rings is 1. The van der Waals surface area contributed by atoms with Gasteiger partial charge in [-0.1, -0.05) is 45.4 Å². The van der Waals surface area contributed by atoms with E-state index in [2.05, 4.69) is 22.5 Å². The standard InChI is InChI=1S/C35H54N4O5/c1-2-3-22-39-32(41)30(26-34(43)17-7-4-8-18-34)37-33(42)35(39)19-23-38(24-20-35)21-9-10-25-44-29-15-13-27(14-16-29)31(40)36-28-11-5-6-12-28/h13-16,28,30,43H,2-12,17-26H2,1H3,(H,36,40)(H,37,42)/t30-/m1/s1. The van der Waals surface area contributed by atoms with Crippen molar-refractivity contribution in [2.45, 2.75) is 133 Å². The number of rotatable bonds is 13. The maximum absolute atomic E-state index is 13.8. The molecule has 2 saturated carbocycles. The smallest absolute Gasteiger partial charge is 0.251 e. The summed E-state index contributed by atoms with van der Waals surface area (Å²) in [5, 5.41) is 17.3. The van der Waals surface area contributed by atoms with Gasteiger partial charge in [-0.3, -0.25) is 14.4 Å². The Balaban J connectivity index is 1.05. The molecule has 2 aliphatic heterocycles. The Labute approximate surface area is 263 Å². The summed E-state index contributed by atoms with van der Waals surface area (Å²) >= 11 is 0. The molecule has 1 aromatic rings. The topological polar surface area (TPSA) is 111 Å². The third-order valence-corrected chi connectivity index (χ3v) is 10.5. The molecule has 1 spiro atoms. The van der Waals surface area contributed by atoms with Crippen molar-refractivity contribution in [2.75, 3.05) is 32.8 Å². The van der Waals surface area contributed by atoms with E-state index in [0.29, 0.717) is 56.9 Å². The van der Waals surface area contributed by atoms with E-state index >= 15 is 0 Å². The van der Waals surface area contributed by atoms with E-state index in [1.165, 1.54) is 12.8 Å². The zero-order valence-corrected chi connectivity index (χ0v) is 26.8. The van der Waals surface area contributed by atoms with Crippen molar-refractivity contribution in [3.05, 3.63) is 29.8 Å². The number of benzene rings is 1. The molecule has 2 aliphatic carbocycles. The predicted octanol–water partition coefficient (Wildman–Crippen LogP) is 4.57. The summed E-state index contributed by atoms with van der Waals surface area (Å²) in [6, 6.07) is 7.09. The molecule has 9 heteroatoms. The summed E-state index contributed by atoms with van der Waals surface area (Å²) in [5.41, 5.74) is -0.961. The number of ether oxygens (including phenoxy) is 1. The second kappa shape index (κ2) is 15.1. The Morgan fingerprint density at radius 2 is 1.66 bits per heavy atom. The zero-order valence-electron chi connectivity index (χ0n) is 26.8. The van der Waals surface area contributed by atoms with Crippen LogP contribution in [0.2, 0.25) is 0 Å². The van der Waals surface area contributed by atoms with E-state index in [-0.39, 0.29) is 17.7 Å². The molecule has 0 unspecified atom stereocenters. The van der Waals surface area contributed by atoms with E-state index in [1.807, 2.05) is 29.2 Å². The van der Waals surface area contributed by atoms with E-state index in [9.17, 15) is 19.5 Å². The van der Waals surface area contributed by atoms with Crippen molar-refractivity contribution in [3.63, 3.8) is 0 Å². The molecule has 3 amide bonds. The number of nitrogens with one attached hydrogen (secondary N) is 2. The first-order chi connectivity index (χ1) is 21.3. The minimum Gasteiger partial charge on any atom is -0.494 e. The number of hydrogen-bond donors (Lipinski definition) is 3. The highest BCUT2D eigenvalue weighted by Crippen LogP contribution is 2.37. The SMILES string of the molecule is CCCCN1C(=O)[C@@H](CC2(O)CCCCC2)NC(=O)C12CCN(CCCCOc1ccc(C(=O)NC3CCCC3)cc1)CC2. The molecule has 9 nitrogen and oxygen atoms in total. The van der Waals surface area contributed by atoms with Gasteiger partial charge in [-0.2, -0.15) is 0 Å². The van der Waals surface area contributed by atoms with Crippen molar-refractivity contribution in [3.8, 4) is 5.75 Å². The number of amides is 3. The van der Waals surface area contributed by atoms with Gasteiger partial charge in [0.15, 0.2) is 0 Å². The minimum atomic E-state index is -0.853. The number of hydrogen-bond acceptors (Lipinski definition) is 6. The molecule has 1 atom stereocenters. The summed E-state index contributed by atoms with van der Waals surface area (Å²) in [4.78, 5) is 44.2. The van der Waals surface area contributed by atoms with Crippen LogP contribution in [0.1, 0.15) is 120 Å². The van der Waals surface area contributed by atoms with Crippen molar-refractivity contribution >= 4 is 17.7 Å². The summed E-state index contributed by atoms with van der Waals surface area (Å²) in [5.74, 6) is 0.724. The van der Waals surface area contributed by atoms with E-state index in [0.717, 1.165) is 83.2 Å². The quantitative estimate of drug-likeness (QED) is 0.283. The number of aliphatic hydroxyl groups is 1. The largest absolute Gasteiger partial charge is 0.494 e. The van der Waals surface area contributed by atoms with Crippen LogP contribution < -0.4 is 15.4 Å². The molecule has 2 saturated heterocycles. The average molecular weight is 611 g/mol. The Kier molecular flexibility index (Phi) is 11.2. The van der Waals surface area contributed by atoms with Crippen LogP contribution in [0.5, 0.6) is 5.75 Å². The third kappa shape index (κ3) is 7.94. The second-order valence-corrected chi connectivity index (χ2v) is 13.8. The van der Waals surface area contributed by atoms with Crippen LogP contribution in [0, 0.1) is 0 Å². The Morgan fingerprint density at radius 3 is 2.34 bits per heavy atom. The summed E-state index contributed by atoms with van der Waals surface area (Å²) in [6.45, 7) is 5.81. The lowest BCUT2D eigenvalue weighted by molar-refractivity contribution is -0.163. The first-order valence-electron chi connectivity index (χ1n) is 17.4. The van der Waals surface area contributed by atoms with E-state index < -0.39 is 17.2 Å². The highest BCUT2D eigenvalue weighted by atomic mass is 16.5. The number of nitrogens with zero attached hydrogens (tertiary/aromatic N) is 2. The van der Waals surface area contributed by atoms with Crippen LogP contribution in [0.3, 0.4) is 0 Å². The lowest BCUT2D eigenvalue weighted by Crippen LogP contribution is -2.73. The molecule has 4 fully saturated rings. The maximum Gasteiger partial charge on any atom is 0.251 e. The van der Waals surface area contributed by atoms with Gasteiger partial charge in [0.1, 0.15) is 17.3 Å². The average Bonchev–Trinajstić information content (AvgIpc) is 3.54. The fourth-order valence-electron chi connectivity index (χ4n) is 7.76. The fourth-order valence-corrected chi connectivity index (χ4v) is 7.76. The lowest BCUT2D eigenvalue weighted by Gasteiger charge is -2.52. The Bertz CT molecular complexity index is 1100. The van der Waals surface area contributed by atoms with Gasteiger partial charge in [-0.15, -0.1) is 0 Å². The molecular formula is C35H54N4O5. The molecule has 0 radical (unpaired) electrons. The highest BCUT2D eigenvalue weighted by molar-refractivity contribution is 6.00. The molecule has 4 aliphatic rings. The molecule has 3 N–H and O–H groups in total. The Hall–Kier alpha value is -2.65. The van der Waals surface area contributed by atoms with Crippen molar-refractivity contribution in [1.82, 2.24) is 20.4 Å². The van der Waals surface area contributed by atoms with Crippen LogP contribution in [-0.4, -0.2) is 88.6 Å². The molecule has 0 bridgehead atoms. The first kappa shape index (κ1) is 32.7. The fraction of sp³-hybridized carbons (Fsp3) is 0.743. The number of piperazine rings is 1. The van der Waals surface area contributed by atoms with Gasteiger partial charge in [0.2, 0.25) is 11.8 Å². The lowest BCUT2D eigenvalue weighted by atomic mass is 9.77. The molecule has 0 aromatic heterocycles. The van der Waals surface area contributed by atoms with Crippen LogP contribution >= 0.6 is 0 Å². The molecule has 1 aromatic carbocycles. The van der Waals surface area contributed by atoms with Crippen LogP contribution in [0.15, 0.2) is 24.3 Å².